The molecule has 5 heteroatoms. The van der Waals surface area contributed by atoms with Gasteiger partial charge in [0.05, 0.1) is 18.1 Å². The molecule has 1 aromatic carbocycles. The van der Waals surface area contributed by atoms with Crippen molar-refractivity contribution < 1.29 is 9.66 Å². The Hall–Kier alpha value is -1.62. The standard InChI is InChI=1S/C13H20N2O3/c1-10(2)9-14-5-4-11-6-12(15(16)17)8-13(7-11)18-3/h6-8,10,14H,4-5,9H2,1-3H3. The Bertz CT molecular complexity index is 405. The number of hydrogen-bond acceptors (Lipinski definition) is 4. The van der Waals surface area contributed by atoms with E-state index in [1.54, 1.807) is 6.07 Å². The van der Waals surface area contributed by atoms with E-state index < -0.39 is 4.92 Å². The molecule has 1 N–H and O–H groups in total. The van der Waals surface area contributed by atoms with Crippen LogP contribution >= 0.6 is 0 Å². The predicted octanol–water partition coefficient (Wildman–Crippen LogP) is 2.39. The van der Waals surface area contributed by atoms with Crippen LogP contribution in [0.3, 0.4) is 0 Å². The summed E-state index contributed by atoms with van der Waals surface area (Å²) in [5, 5.41) is 14.1. The lowest BCUT2D eigenvalue weighted by Crippen LogP contribution is -2.22. The normalized spacial score (nSPS) is 10.7. The van der Waals surface area contributed by atoms with Crippen LogP contribution in [0.4, 0.5) is 5.69 Å². The summed E-state index contributed by atoms with van der Waals surface area (Å²) in [5.41, 5.74) is 0.991. The quantitative estimate of drug-likeness (QED) is 0.460. The minimum absolute atomic E-state index is 0.0770. The summed E-state index contributed by atoms with van der Waals surface area (Å²) in [4.78, 5) is 10.4. The van der Waals surface area contributed by atoms with Gasteiger partial charge in [0.2, 0.25) is 0 Å². The molecule has 0 atom stereocenters. The lowest BCUT2D eigenvalue weighted by atomic mass is 10.1. The van der Waals surface area contributed by atoms with Crippen molar-refractivity contribution in [3.8, 4) is 5.75 Å². The third kappa shape index (κ3) is 4.71. The molecule has 0 saturated heterocycles. The van der Waals surface area contributed by atoms with Crippen LogP contribution in [0, 0.1) is 16.0 Å². The van der Waals surface area contributed by atoms with Crippen LogP contribution in [-0.2, 0) is 6.42 Å². The van der Waals surface area contributed by atoms with Crippen LogP contribution in [0.1, 0.15) is 19.4 Å². The van der Waals surface area contributed by atoms with Gasteiger partial charge in [0.15, 0.2) is 0 Å². The number of ether oxygens (including phenoxy) is 1. The fourth-order valence-electron chi connectivity index (χ4n) is 1.63. The number of nitrogens with zero attached hydrogens (tertiary/aromatic N) is 1. The number of nitro benzene ring substituents is 1. The average molecular weight is 252 g/mol. The van der Waals surface area contributed by atoms with E-state index in [-0.39, 0.29) is 5.69 Å². The molecular weight excluding hydrogens is 232 g/mol. The maximum atomic E-state index is 10.8. The molecule has 0 saturated carbocycles. The van der Waals surface area contributed by atoms with E-state index in [1.165, 1.54) is 13.2 Å². The van der Waals surface area contributed by atoms with Crippen LogP contribution in [0.25, 0.3) is 0 Å². The zero-order chi connectivity index (χ0) is 13.5. The molecule has 0 amide bonds. The minimum atomic E-state index is -0.395. The summed E-state index contributed by atoms with van der Waals surface area (Å²) in [6.45, 7) is 6.04. The molecule has 18 heavy (non-hydrogen) atoms. The van der Waals surface area contributed by atoms with E-state index >= 15 is 0 Å². The van der Waals surface area contributed by atoms with Gasteiger partial charge in [-0.2, -0.15) is 0 Å². The van der Waals surface area contributed by atoms with Crippen LogP contribution in [-0.4, -0.2) is 25.1 Å². The maximum Gasteiger partial charge on any atom is 0.273 e. The van der Waals surface area contributed by atoms with Crippen molar-refractivity contribution in [1.82, 2.24) is 5.32 Å². The Labute approximate surface area is 107 Å². The fourth-order valence-corrected chi connectivity index (χ4v) is 1.63. The second kappa shape index (κ2) is 6.96. The zero-order valence-corrected chi connectivity index (χ0v) is 11.1. The first kappa shape index (κ1) is 14.4. The van der Waals surface area contributed by atoms with Crippen LogP contribution in [0.15, 0.2) is 18.2 Å². The highest BCUT2D eigenvalue weighted by Crippen LogP contribution is 2.22. The molecule has 0 bridgehead atoms. The van der Waals surface area contributed by atoms with E-state index in [0.717, 1.165) is 25.1 Å². The summed E-state index contributed by atoms with van der Waals surface area (Å²) in [6.07, 6.45) is 0.755. The molecule has 5 nitrogen and oxygen atoms in total. The molecule has 0 unspecified atom stereocenters. The van der Waals surface area contributed by atoms with Gasteiger partial charge in [-0.25, -0.2) is 0 Å². The summed E-state index contributed by atoms with van der Waals surface area (Å²) in [5.74, 6) is 1.13. The zero-order valence-electron chi connectivity index (χ0n) is 11.1. The molecule has 1 rings (SSSR count). The van der Waals surface area contributed by atoms with Gasteiger partial charge in [-0.1, -0.05) is 13.8 Å². The molecule has 0 fully saturated rings. The minimum Gasteiger partial charge on any atom is -0.496 e. The first-order valence-corrected chi connectivity index (χ1v) is 6.06. The van der Waals surface area contributed by atoms with Crippen molar-refractivity contribution in [3.05, 3.63) is 33.9 Å². The van der Waals surface area contributed by atoms with Crippen molar-refractivity contribution in [2.45, 2.75) is 20.3 Å². The Balaban J connectivity index is 2.64. The van der Waals surface area contributed by atoms with Gasteiger partial charge in [0.25, 0.3) is 5.69 Å². The summed E-state index contributed by atoms with van der Waals surface area (Å²) >= 11 is 0. The molecule has 1 aromatic rings. The second-order valence-corrected chi connectivity index (χ2v) is 4.64. The van der Waals surface area contributed by atoms with Gasteiger partial charge < -0.3 is 10.1 Å². The monoisotopic (exact) mass is 252 g/mol. The van der Waals surface area contributed by atoms with Crippen LogP contribution in [0.5, 0.6) is 5.75 Å². The third-order valence-electron chi connectivity index (χ3n) is 2.54. The Kier molecular flexibility index (Phi) is 5.58. The van der Waals surface area contributed by atoms with Gasteiger partial charge in [0.1, 0.15) is 5.75 Å². The number of nitrogens with one attached hydrogen (secondary N) is 1. The van der Waals surface area contributed by atoms with E-state index in [4.69, 9.17) is 4.74 Å². The number of nitro groups is 1. The number of non-ortho nitro benzene ring substituents is 1. The highest BCUT2D eigenvalue weighted by Gasteiger charge is 2.09. The molecule has 0 radical (unpaired) electrons. The average Bonchev–Trinajstić information content (AvgIpc) is 2.34. The molecule has 0 aromatic heterocycles. The van der Waals surface area contributed by atoms with Gasteiger partial charge in [-0.05, 0) is 37.1 Å². The van der Waals surface area contributed by atoms with E-state index in [1.807, 2.05) is 6.07 Å². The maximum absolute atomic E-state index is 10.8. The summed E-state index contributed by atoms with van der Waals surface area (Å²) < 4.78 is 5.07. The van der Waals surface area contributed by atoms with Crippen molar-refractivity contribution >= 4 is 5.69 Å². The molecule has 0 heterocycles. The van der Waals surface area contributed by atoms with E-state index in [9.17, 15) is 10.1 Å². The highest BCUT2D eigenvalue weighted by molar-refractivity contribution is 5.42. The van der Waals surface area contributed by atoms with Crippen molar-refractivity contribution in [2.24, 2.45) is 5.92 Å². The molecule has 100 valence electrons. The van der Waals surface area contributed by atoms with Crippen LogP contribution < -0.4 is 10.1 Å². The van der Waals surface area contributed by atoms with Gasteiger partial charge in [-0.15, -0.1) is 0 Å². The topological polar surface area (TPSA) is 64.4 Å². The van der Waals surface area contributed by atoms with Gasteiger partial charge >= 0.3 is 0 Å². The van der Waals surface area contributed by atoms with Crippen molar-refractivity contribution in [1.29, 1.82) is 0 Å². The first-order chi connectivity index (χ1) is 8.52. The Morgan fingerprint density at radius 1 is 1.39 bits per heavy atom. The Morgan fingerprint density at radius 2 is 2.11 bits per heavy atom. The molecule has 0 aliphatic heterocycles. The lowest BCUT2D eigenvalue weighted by molar-refractivity contribution is -0.385. The number of benzene rings is 1. The molecular formula is C13H20N2O3. The summed E-state index contributed by atoms with van der Waals surface area (Å²) in [6, 6.07) is 4.87. The van der Waals surface area contributed by atoms with E-state index in [0.29, 0.717) is 11.7 Å². The lowest BCUT2D eigenvalue weighted by Gasteiger charge is -2.08. The molecule has 0 spiro atoms. The summed E-state index contributed by atoms with van der Waals surface area (Å²) in [7, 11) is 1.51. The molecule has 0 aliphatic carbocycles. The van der Waals surface area contributed by atoms with Crippen LogP contribution in [0.2, 0.25) is 0 Å². The predicted molar refractivity (Wildman–Crippen MR) is 71.1 cm³/mol. The number of rotatable bonds is 7. The van der Waals surface area contributed by atoms with Crippen molar-refractivity contribution in [2.75, 3.05) is 20.2 Å². The van der Waals surface area contributed by atoms with Gasteiger partial charge in [-0.3, -0.25) is 10.1 Å². The Morgan fingerprint density at radius 3 is 2.67 bits per heavy atom. The first-order valence-electron chi connectivity index (χ1n) is 6.06. The smallest absolute Gasteiger partial charge is 0.273 e. The third-order valence-corrected chi connectivity index (χ3v) is 2.54. The van der Waals surface area contributed by atoms with Crippen molar-refractivity contribution in [3.63, 3.8) is 0 Å². The largest absolute Gasteiger partial charge is 0.496 e. The second-order valence-electron chi connectivity index (χ2n) is 4.64. The highest BCUT2D eigenvalue weighted by atomic mass is 16.6. The number of hydrogen-bond donors (Lipinski definition) is 1. The van der Waals surface area contributed by atoms with Gasteiger partial charge in [0, 0.05) is 6.07 Å². The molecule has 0 aliphatic rings. The fraction of sp³-hybridized carbons (Fsp3) is 0.538. The number of methoxy groups -OCH3 is 1. The van der Waals surface area contributed by atoms with E-state index in [2.05, 4.69) is 19.2 Å². The SMILES string of the molecule is COc1cc(CCNCC(C)C)cc([N+](=O)[O-])c1.